The lowest BCUT2D eigenvalue weighted by Gasteiger charge is -2.18. The number of halogens is 3. The topological polar surface area (TPSA) is 58.6 Å². The molecule has 1 aliphatic carbocycles. The van der Waals surface area contributed by atoms with E-state index in [2.05, 4.69) is 5.32 Å². The van der Waals surface area contributed by atoms with E-state index in [9.17, 15) is 18.0 Å². The van der Waals surface area contributed by atoms with Gasteiger partial charge in [-0.2, -0.15) is 13.2 Å². The van der Waals surface area contributed by atoms with E-state index in [0.29, 0.717) is 0 Å². The highest BCUT2D eigenvalue weighted by atomic mass is 19.4. The highest BCUT2D eigenvalue weighted by Gasteiger charge is 2.38. The van der Waals surface area contributed by atoms with Crippen LogP contribution in [0.1, 0.15) is 36.0 Å². The SMILES string of the molecule is O=C(NC1CCCC1)c1ccccc1OCC(O)C(F)(F)F. The third-order valence-electron chi connectivity index (χ3n) is 3.60. The van der Waals surface area contributed by atoms with Crippen molar-refractivity contribution in [3.63, 3.8) is 0 Å². The number of aliphatic hydroxyl groups is 1. The Balaban J connectivity index is 2.01. The molecule has 0 aromatic heterocycles. The zero-order valence-corrected chi connectivity index (χ0v) is 11.9. The Bertz CT molecular complexity index is 513. The van der Waals surface area contributed by atoms with Crippen molar-refractivity contribution in [1.29, 1.82) is 0 Å². The van der Waals surface area contributed by atoms with Crippen LogP contribution in [0.15, 0.2) is 24.3 Å². The molecule has 1 aliphatic rings. The van der Waals surface area contributed by atoms with Crippen molar-refractivity contribution in [3.05, 3.63) is 29.8 Å². The number of hydrogen-bond acceptors (Lipinski definition) is 3. The van der Waals surface area contributed by atoms with Crippen molar-refractivity contribution in [2.45, 2.75) is 44.0 Å². The largest absolute Gasteiger partial charge is 0.490 e. The summed E-state index contributed by atoms with van der Waals surface area (Å²) in [6, 6.07) is 6.16. The molecule has 0 aliphatic heterocycles. The minimum absolute atomic E-state index is 0.0290. The molecule has 122 valence electrons. The van der Waals surface area contributed by atoms with Gasteiger partial charge in [0.1, 0.15) is 12.4 Å². The first-order chi connectivity index (χ1) is 10.4. The van der Waals surface area contributed by atoms with Crippen LogP contribution >= 0.6 is 0 Å². The molecule has 2 N–H and O–H groups in total. The quantitative estimate of drug-likeness (QED) is 0.878. The van der Waals surface area contributed by atoms with Gasteiger partial charge in [-0.15, -0.1) is 0 Å². The molecule has 1 unspecified atom stereocenters. The fourth-order valence-electron chi connectivity index (χ4n) is 2.38. The number of benzene rings is 1. The van der Waals surface area contributed by atoms with Crippen LogP contribution in [-0.4, -0.2) is 35.9 Å². The van der Waals surface area contributed by atoms with Crippen molar-refractivity contribution in [3.8, 4) is 5.75 Å². The summed E-state index contributed by atoms with van der Waals surface area (Å²) in [6.07, 6.45) is -3.41. The Labute approximate surface area is 126 Å². The molecule has 0 spiro atoms. The van der Waals surface area contributed by atoms with Crippen LogP contribution in [0.2, 0.25) is 0 Å². The monoisotopic (exact) mass is 317 g/mol. The van der Waals surface area contributed by atoms with E-state index in [0.717, 1.165) is 25.7 Å². The summed E-state index contributed by atoms with van der Waals surface area (Å²) in [5.41, 5.74) is 0.170. The molecular formula is C15H18F3NO3. The lowest BCUT2D eigenvalue weighted by Crippen LogP contribution is -2.35. The van der Waals surface area contributed by atoms with Gasteiger partial charge in [0.05, 0.1) is 5.56 Å². The van der Waals surface area contributed by atoms with E-state index in [1.165, 1.54) is 12.1 Å². The second kappa shape index (κ2) is 7.00. The van der Waals surface area contributed by atoms with Crippen molar-refractivity contribution < 1.29 is 27.8 Å². The Morgan fingerprint density at radius 1 is 1.32 bits per heavy atom. The average molecular weight is 317 g/mol. The highest BCUT2D eigenvalue weighted by molar-refractivity contribution is 5.97. The van der Waals surface area contributed by atoms with Gasteiger partial charge in [-0.05, 0) is 25.0 Å². The first-order valence-electron chi connectivity index (χ1n) is 7.15. The molecule has 22 heavy (non-hydrogen) atoms. The fourth-order valence-corrected chi connectivity index (χ4v) is 2.38. The zero-order valence-electron chi connectivity index (χ0n) is 11.9. The first kappa shape index (κ1) is 16.6. The molecule has 7 heteroatoms. The van der Waals surface area contributed by atoms with Crippen LogP contribution in [0.25, 0.3) is 0 Å². The van der Waals surface area contributed by atoms with Gasteiger partial charge >= 0.3 is 6.18 Å². The maximum atomic E-state index is 12.3. The Morgan fingerprint density at radius 3 is 2.59 bits per heavy atom. The molecule has 0 radical (unpaired) electrons. The third kappa shape index (κ3) is 4.37. The normalized spacial score (nSPS) is 17.3. The summed E-state index contributed by atoms with van der Waals surface area (Å²) in [4.78, 5) is 12.2. The number of rotatable bonds is 5. The minimum Gasteiger partial charge on any atom is -0.490 e. The fraction of sp³-hybridized carbons (Fsp3) is 0.533. The lowest BCUT2D eigenvalue weighted by molar-refractivity contribution is -0.210. The molecule has 1 fully saturated rings. The van der Waals surface area contributed by atoms with Crippen LogP contribution in [0.5, 0.6) is 5.75 Å². The van der Waals surface area contributed by atoms with E-state index < -0.39 is 18.9 Å². The molecule has 0 heterocycles. The summed E-state index contributed by atoms with van der Waals surface area (Å²) >= 11 is 0. The van der Waals surface area contributed by atoms with Crippen LogP contribution < -0.4 is 10.1 Å². The molecule has 1 saturated carbocycles. The molecule has 4 nitrogen and oxygen atoms in total. The zero-order chi connectivity index (χ0) is 16.2. The molecule has 2 rings (SSSR count). The van der Waals surface area contributed by atoms with Gasteiger partial charge in [0.25, 0.3) is 5.91 Å². The molecule has 1 atom stereocenters. The summed E-state index contributed by atoms with van der Waals surface area (Å²) in [5, 5.41) is 11.8. The number of nitrogens with one attached hydrogen (secondary N) is 1. The van der Waals surface area contributed by atoms with E-state index in [4.69, 9.17) is 9.84 Å². The molecular weight excluding hydrogens is 299 g/mol. The molecule has 1 aromatic carbocycles. The van der Waals surface area contributed by atoms with Crippen LogP contribution in [-0.2, 0) is 0 Å². The lowest BCUT2D eigenvalue weighted by atomic mass is 10.1. The molecule has 0 bridgehead atoms. The number of hydrogen-bond donors (Lipinski definition) is 2. The van der Waals surface area contributed by atoms with E-state index in [1.54, 1.807) is 12.1 Å². The van der Waals surface area contributed by atoms with Gasteiger partial charge in [-0.3, -0.25) is 4.79 Å². The highest BCUT2D eigenvalue weighted by Crippen LogP contribution is 2.24. The van der Waals surface area contributed by atoms with E-state index in [-0.39, 0.29) is 23.3 Å². The summed E-state index contributed by atoms with van der Waals surface area (Å²) < 4.78 is 41.8. The van der Waals surface area contributed by atoms with E-state index >= 15 is 0 Å². The van der Waals surface area contributed by atoms with Gasteiger partial charge in [0.2, 0.25) is 0 Å². The van der Waals surface area contributed by atoms with Gasteiger partial charge in [-0.1, -0.05) is 25.0 Å². The predicted molar refractivity (Wildman–Crippen MR) is 73.7 cm³/mol. The second-order valence-corrected chi connectivity index (χ2v) is 5.32. The Morgan fingerprint density at radius 2 is 1.95 bits per heavy atom. The van der Waals surface area contributed by atoms with Gasteiger partial charge in [-0.25, -0.2) is 0 Å². The van der Waals surface area contributed by atoms with Gasteiger partial charge < -0.3 is 15.2 Å². The van der Waals surface area contributed by atoms with E-state index in [1.807, 2.05) is 0 Å². The molecule has 0 saturated heterocycles. The van der Waals surface area contributed by atoms with Crippen LogP contribution in [0.4, 0.5) is 13.2 Å². The standard InChI is InChI=1S/C15H18F3NO3/c16-15(17,18)13(20)9-22-12-8-4-3-7-11(12)14(21)19-10-5-1-2-6-10/h3-4,7-8,10,13,20H,1-2,5-6,9H2,(H,19,21). The second-order valence-electron chi connectivity index (χ2n) is 5.32. The van der Waals surface area contributed by atoms with Crippen LogP contribution in [0, 0.1) is 0 Å². The minimum atomic E-state index is -4.75. The number of carbonyl (C=O) groups is 1. The summed E-state index contributed by atoms with van der Waals surface area (Å²) in [7, 11) is 0. The van der Waals surface area contributed by atoms with Gasteiger partial charge in [0.15, 0.2) is 6.10 Å². The van der Waals surface area contributed by atoms with Crippen molar-refractivity contribution in [2.75, 3.05) is 6.61 Å². The maximum Gasteiger partial charge on any atom is 0.417 e. The van der Waals surface area contributed by atoms with Crippen molar-refractivity contribution in [1.82, 2.24) is 5.32 Å². The Kier molecular flexibility index (Phi) is 5.28. The average Bonchev–Trinajstić information content (AvgIpc) is 2.96. The predicted octanol–water partition coefficient (Wildman–Crippen LogP) is 2.66. The first-order valence-corrected chi connectivity index (χ1v) is 7.15. The van der Waals surface area contributed by atoms with Crippen molar-refractivity contribution >= 4 is 5.91 Å². The van der Waals surface area contributed by atoms with Crippen LogP contribution in [0.3, 0.4) is 0 Å². The number of aliphatic hydroxyl groups excluding tert-OH is 1. The summed E-state index contributed by atoms with van der Waals surface area (Å²) in [5.74, 6) is -0.342. The number of amides is 1. The molecule has 1 aromatic rings. The number of ether oxygens (including phenoxy) is 1. The number of carbonyl (C=O) groups excluding carboxylic acids is 1. The van der Waals surface area contributed by atoms with Gasteiger partial charge in [0, 0.05) is 6.04 Å². The number of para-hydroxylation sites is 1. The summed E-state index contributed by atoms with van der Waals surface area (Å²) in [6.45, 7) is -0.947. The Hall–Kier alpha value is -1.76. The van der Waals surface area contributed by atoms with Crippen molar-refractivity contribution in [2.24, 2.45) is 0 Å². The molecule has 1 amide bonds. The smallest absolute Gasteiger partial charge is 0.417 e. The number of alkyl halides is 3. The maximum absolute atomic E-state index is 12.3. The third-order valence-corrected chi connectivity index (χ3v) is 3.60.